The zero-order chi connectivity index (χ0) is 14.9. The molecule has 0 spiro atoms. The maximum absolute atomic E-state index is 10.8. The SMILES string of the molecule is Cc1nn(C)c(Oc2cc([N+](=O)[O-])ccc2Br)c1CBr. The summed E-state index contributed by atoms with van der Waals surface area (Å²) >= 11 is 6.71. The molecule has 0 N–H and O–H groups in total. The Morgan fingerprint density at radius 2 is 2.20 bits per heavy atom. The fourth-order valence-electron chi connectivity index (χ4n) is 1.75. The van der Waals surface area contributed by atoms with Gasteiger partial charge in [-0.15, -0.1) is 0 Å². The molecule has 1 aromatic heterocycles. The van der Waals surface area contributed by atoms with E-state index >= 15 is 0 Å². The van der Waals surface area contributed by atoms with Crippen molar-refractivity contribution in [2.24, 2.45) is 7.05 Å². The molecular weight excluding hydrogens is 394 g/mol. The van der Waals surface area contributed by atoms with Crippen molar-refractivity contribution in [2.75, 3.05) is 0 Å². The first kappa shape index (κ1) is 15.0. The molecule has 6 nitrogen and oxygen atoms in total. The van der Waals surface area contributed by atoms with Crippen LogP contribution in [0.15, 0.2) is 22.7 Å². The molecule has 1 aromatic carbocycles. The number of aromatic nitrogens is 2. The first-order valence-corrected chi connectivity index (χ1v) is 7.55. The van der Waals surface area contributed by atoms with Crippen molar-refractivity contribution in [2.45, 2.75) is 12.3 Å². The van der Waals surface area contributed by atoms with E-state index in [4.69, 9.17) is 4.74 Å². The van der Waals surface area contributed by atoms with Crippen LogP contribution < -0.4 is 4.74 Å². The van der Waals surface area contributed by atoms with Crippen LogP contribution in [-0.2, 0) is 12.4 Å². The van der Waals surface area contributed by atoms with Crippen molar-refractivity contribution in [3.63, 3.8) is 0 Å². The van der Waals surface area contributed by atoms with Gasteiger partial charge >= 0.3 is 0 Å². The number of hydrogen-bond acceptors (Lipinski definition) is 4. The van der Waals surface area contributed by atoms with Gasteiger partial charge < -0.3 is 4.74 Å². The zero-order valence-corrected chi connectivity index (χ0v) is 13.9. The van der Waals surface area contributed by atoms with Crippen molar-refractivity contribution in [1.29, 1.82) is 0 Å². The van der Waals surface area contributed by atoms with E-state index < -0.39 is 4.92 Å². The highest BCUT2D eigenvalue weighted by atomic mass is 79.9. The number of benzene rings is 1. The number of nitro groups is 1. The summed E-state index contributed by atoms with van der Waals surface area (Å²) in [4.78, 5) is 10.4. The van der Waals surface area contributed by atoms with E-state index in [1.165, 1.54) is 12.1 Å². The summed E-state index contributed by atoms with van der Waals surface area (Å²) in [7, 11) is 1.76. The second kappa shape index (κ2) is 5.92. The van der Waals surface area contributed by atoms with Gasteiger partial charge in [-0.3, -0.25) is 10.1 Å². The van der Waals surface area contributed by atoms with E-state index in [9.17, 15) is 10.1 Å². The van der Waals surface area contributed by atoms with Gasteiger partial charge in [-0.1, -0.05) is 15.9 Å². The minimum absolute atomic E-state index is 0.0255. The minimum atomic E-state index is -0.459. The van der Waals surface area contributed by atoms with Crippen LogP contribution >= 0.6 is 31.9 Å². The molecule has 0 amide bonds. The summed E-state index contributed by atoms with van der Waals surface area (Å²) in [5.74, 6) is 0.935. The largest absolute Gasteiger partial charge is 0.438 e. The van der Waals surface area contributed by atoms with Gasteiger partial charge in [-0.05, 0) is 28.9 Å². The van der Waals surface area contributed by atoms with Crippen molar-refractivity contribution in [3.05, 3.63) is 44.0 Å². The van der Waals surface area contributed by atoms with E-state index in [1.807, 2.05) is 6.92 Å². The topological polar surface area (TPSA) is 70.2 Å². The highest BCUT2D eigenvalue weighted by Gasteiger charge is 2.17. The molecule has 8 heteroatoms. The van der Waals surface area contributed by atoms with Gasteiger partial charge in [0.25, 0.3) is 5.69 Å². The van der Waals surface area contributed by atoms with E-state index in [-0.39, 0.29) is 5.69 Å². The third-order valence-corrected chi connectivity index (χ3v) is 3.97. The lowest BCUT2D eigenvalue weighted by molar-refractivity contribution is -0.384. The lowest BCUT2D eigenvalue weighted by atomic mass is 10.3. The number of aryl methyl sites for hydroxylation is 2. The Morgan fingerprint density at radius 3 is 2.80 bits per heavy atom. The average Bonchev–Trinajstić information content (AvgIpc) is 2.66. The number of alkyl halides is 1. The van der Waals surface area contributed by atoms with Crippen molar-refractivity contribution < 1.29 is 9.66 Å². The fourth-order valence-corrected chi connectivity index (χ4v) is 2.72. The second-order valence-corrected chi connectivity index (χ2v) is 5.52. The van der Waals surface area contributed by atoms with Crippen LogP contribution in [0, 0.1) is 17.0 Å². The molecule has 0 bridgehead atoms. The first-order chi connectivity index (χ1) is 9.43. The Kier molecular flexibility index (Phi) is 4.44. The number of halogens is 2. The summed E-state index contributed by atoms with van der Waals surface area (Å²) in [6.07, 6.45) is 0. The molecule has 0 aliphatic rings. The molecule has 0 atom stereocenters. The Hall–Kier alpha value is -1.41. The molecule has 2 aromatic rings. The lowest BCUT2D eigenvalue weighted by Gasteiger charge is -2.09. The molecule has 106 valence electrons. The van der Waals surface area contributed by atoms with Gasteiger partial charge in [0.1, 0.15) is 0 Å². The number of non-ortho nitro benzene ring substituents is 1. The highest BCUT2D eigenvalue weighted by molar-refractivity contribution is 9.10. The van der Waals surface area contributed by atoms with Gasteiger partial charge in [0.2, 0.25) is 5.88 Å². The van der Waals surface area contributed by atoms with Crippen LogP contribution in [0.4, 0.5) is 5.69 Å². The molecule has 0 saturated carbocycles. The van der Waals surface area contributed by atoms with Gasteiger partial charge in [0, 0.05) is 24.0 Å². The van der Waals surface area contributed by atoms with Gasteiger partial charge in [0.15, 0.2) is 5.75 Å². The average molecular weight is 405 g/mol. The standard InChI is InChI=1S/C12H11Br2N3O3/c1-7-9(6-13)12(16(2)15-7)20-11-5-8(17(18)19)3-4-10(11)14/h3-5H,6H2,1-2H3. The van der Waals surface area contributed by atoms with Crippen molar-refractivity contribution >= 4 is 37.5 Å². The molecule has 0 saturated heterocycles. The molecule has 2 rings (SSSR count). The molecule has 0 radical (unpaired) electrons. The molecular formula is C12H11Br2N3O3. The summed E-state index contributed by atoms with van der Waals surface area (Å²) in [5, 5.41) is 15.7. The molecule has 1 heterocycles. The van der Waals surface area contributed by atoms with E-state index in [2.05, 4.69) is 37.0 Å². The van der Waals surface area contributed by atoms with Gasteiger partial charge in [0.05, 0.1) is 21.2 Å². The number of nitrogens with zero attached hydrogens (tertiary/aromatic N) is 3. The smallest absolute Gasteiger partial charge is 0.273 e. The Balaban J connectivity index is 2.44. The predicted molar refractivity (Wildman–Crippen MR) is 81.4 cm³/mol. The zero-order valence-electron chi connectivity index (χ0n) is 10.8. The quantitative estimate of drug-likeness (QED) is 0.437. The number of ether oxygens (including phenoxy) is 1. The van der Waals surface area contributed by atoms with Crippen LogP contribution in [0.2, 0.25) is 0 Å². The normalized spacial score (nSPS) is 10.6. The van der Waals surface area contributed by atoms with Gasteiger partial charge in [-0.2, -0.15) is 5.10 Å². The van der Waals surface area contributed by atoms with Crippen LogP contribution in [0.1, 0.15) is 11.3 Å². The number of rotatable bonds is 4. The Labute approximate surface area is 132 Å². The van der Waals surface area contributed by atoms with Crippen LogP contribution in [0.3, 0.4) is 0 Å². The van der Waals surface area contributed by atoms with Gasteiger partial charge in [-0.25, -0.2) is 4.68 Å². The first-order valence-electron chi connectivity index (χ1n) is 5.64. The molecule has 20 heavy (non-hydrogen) atoms. The third kappa shape index (κ3) is 2.85. The van der Waals surface area contributed by atoms with Crippen LogP contribution in [0.25, 0.3) is 0 Å². The third-order valence-electron chi connectivity index (χ3n) is 2.75. The molecule has 0 aliphatic heterocycles. The molecule has 0 fully saturated rings. The summed E-state index contributed by atoms with van der Waals surface area (Å²) < 4.78 is 8.04. The van der Waals surface area contributed by atoms with Crippen LogP contribution in [0.5, 0.6) is 11.6 Å². The summed E-state index contributed by atoms with van der Waals surface area (Å²) in [5.41, 5.74) is 1.73. The summed E-state index contributed by atoms with van der Waals surface area (Å²) in [6, 6.07) is 4.38. The van der Waals surface area contributed by atoms with Crippen LogP contribution in [-0.4, -0.2) is 14.7 Å². The van der Waals surface area contributed by atoms with E-state index in [1.54, 1.807) is 17.8 Å². The monoisotopic (exact) mass is 403 g/mol. The van der Waals surface area contributed by atoms with Crippen molar-refractivity contribution in [1.82, 2.24) is 9.78 Å². The maximum Gasteiger partial charge on any atom is 0.273 e. The highest BCUT2D eigenvalue weighted by Crippen LogP contribution is 2.35. The number of nitro benzene ring substituents is 1. The summed E-state index contributed by atoms with van der Waals surface area (Å²) in [6.45, 7) is 1.88. The maximum atomic E-state index is 10.8. The number of hydrogen-bond donors (Lipinski definition) is 0. The molecule has 0 unspecified atom stereocenters. The van der Waals surface area contributed by atoms with E-state index in [0.717, 1.165) is 11.3 Å². The molecule has 0 aliphatic carbocycles. The van der Waals surface area contributed by atoms with E-state index in [0.29, 0.717) is 21.4 Å². The second-order valence-electron chi connectivity index (χ2n) is 4.10. The Morgan fingerprint density at radius 1 is 1.50 bits per heavy atom. The predicted octanol–water partition coefficient (Wildman–Crippen LogP) is 4.09. The lowest BCUT2D eigenvalue weighted by Crippen LogP contribution is -1.98. The Bertz CT molecular complexity index is 670. The fraction of sp³-hybridized carbons (Fsp3) is 0.250. The van der Waals surface area contributed by atoms with Crippen molar-refractivity contribution in [3.8, 4) is 11.6 Å². The minimum Gasteiger partial charge on any atom is -0.438 e.